The quantitative estimate of drug-likeness (QED) is 0.461. The van der Waals surface area contributed by atoms with Crippen LogP contribution in [0.2, 0.25) is 0 Å². The summed E-state index contributed by atoms with van der Waals surface area (Å²) < 4.78 is 5.57. The molecule has 186 valence electrons. The molecular weight excluding hydrogens is 442 g/mol. The van der Waals surface area contributed by atoms with Gasteiger partial charge in [-0.1, -0.05) is 12.1 Å². The summed E-state index contributed by atoms with van der Waals surface area (Å²) in [4.78, 5) is 19.3. The number of benzene rings is 1. The first-order valence-electron chi connectivity index (χ1n) is 12.4. The van der Waals surface area contributed by atoms with E-state index in [1.54, 1.807) is 0 Å². The van der Waals surface area contributed by atoms with Gasteiger partial charge in [-0.15, -0.1) is 0 Å². The molecule has 3 aromatic rings. The number of para-hydroxylation sites is 2. The van der Waals surface area contributed by atoms with Crippen molar-refractivity contribution < 1.29 is 9.84 Å². The molecule has 4 N–H and O–H groups in total. The van der Waals surface area contributed by atoms with E-state index in [4.69, 9.17) is 25.4 Å². The molecule has 0 spiro atoms. The first kappa shape index (κ1) is 23.7. The molecule has 2 saturated heterocycles. The molecule has 5 rings (SSSR count). The Balaban J connectivity index is 1.42. The van der Waals surface area contributed by atoms with Crippen LogP contribution in [0.25, 0.3) is 11.0 Å². The number of nitrogens with zero attached hydrogens (tertiary/aromatic N) is 5. The van der Waals surface area contributed by atoms with E-state index in [-0.39, 0.29) is 0 Å². The van der Waals surface area contributed by atoms with Crippen LogP contribution in [-0.4, -0.2) is 70.0 Å². The fourth-order valence-electron chi connectivity index (χ4n) is 4.94. The molecule has 1 aromatic carbocycles. The minimum Gasteiger partial charge on any atom is -0.397 e. The molecule has 2 aromatic heterocycles. The van der Waals surface area contributed by atoms with Crippen LogP contribution in [0.1, 0.15) is 32.4 Å². The van der Waals surface area contributed by atoms with Crippen LogP contribution in [-0.2, 0) is 11.3 Å². The third-order valence-electron chi connectivity index (χ3n) is 7.07. The minimum absolute atomic E-state index is 0.342. The third-order valence-corrected chi connectivity index (χ3v) is 7.07. The van der Waals surface area contributed by atoms with Gasteiger partial charge in [0, 0.05) is 19.6 Å². The first-order chi connectivity index (χ1) is 16.9. The van der Waals surface area contributed by atoms with Gasteiger partial charge in [0.1, 0.15) is 5.52 Å². The van der Waals surface area contributed by atoms with Gasteiger partial charge in [0.2, 0.25) is 5.95 Å². The number of hydrogen-bond donors (Lipinski definition) is 3. The Morgan fingerprint density at radius 1 is 1.03 bits per heavy atom. The molecule has 0 atom stereocenters. The van der Waals surface area contributed by atoms with Crippen molar-refractivity contribution >= 4 is 34.2 Å². The van der Waals surface area contributed by atoms with E-state index in [1.807, 2.05) is 44.2 Å². The molecule has 2 aliphatic rings. The molecule has 2 fully saturated rings. The van der Waals surface area contributed by atoms with Gasteiger partial charge in [0.05, 0.1) is 41.4 Å². The number of likely N-dealkylation sites (tertiary alicyclic amines) is 1. The summed E-state index contributed by atoms with van der Waals surface area (Å²) in [7, 11) is 0. The van der Waals surface area contributed by atoms with Crippen molar-refractivity contribution in [2.75, 3.05) is 55.3 Å². The zero-order valence-corrected chi connectivity index (χ0v) is 20.6. The van der Waals surface area contributed by atoms with Crippen molar-refractivity contribution in [2.24, 2.45) is 5.92 Å². The van der Waals surface area contributed by atoms with Gasteiger partial charge in [0.15, 0.2) is 5.82 Å². The molecule has 2 aliphatic heterocycles. The van der Waals surface area contributed by atoms with E-state index >= 15 is 0 Å². The highest BCUT2D eigenvalue weighted by molar-refractivity contribution is 5.87. The van der Waals surface area contributed by atoms with Crippen molar-refractivity contribution in [1.82, 2.24) is 19.9 Å². The number of anilines is 4. The minimum atomic E-state index is -0.617. The van der Waals surface area contributed by atoms with E-state index in [2.05, 4.69) is 21.2 Å². The third kappa shape index (κ3) is 5.47. The van der Waals surface area contributed by atoms with Gasteiger partial charge in [0.25, 0.3) is 0 Å². The van der Waals surface area contributed by atoms with Crippen LogP contribution >= 0.6 is 0 Å². The number of nitrogen functional groups attached to an aromatic ring is 1. The highest BCUT2D eigenvalue weighted by Gasteiger charge is 2.30. The maximum absolute atomic E-state index is 10.4. The van der Waals surface area contributed by atoms with Crippen LogP contribution in [0, 0.1) is 5.92 Å². The highest BCUT2D eigenvalue weighted by Crippen LogP contribution is 2.30. The zero-order chi connectivity index (χ0) is 24.4. The Hall–Kier alpha value is -3.01. The van der Waals surface area contributed by atoms with Crippen molar-refractivity contribution in [3.8, 4) is 0 Å². The molecule has 0 amide bonds. The normalized spacial score (nSPS) is 18.2. The summed E-state index contributed by atoms with van der Waals surface area (Å²) in [6.45, 7) is 9.38. The molecule has 0 bridgehead atoms. The number of nitrogens with one attached hydrogen (secondary N) is 1. The van der Waals surface area contributed by atoms with E-state index < -0.39 is 5.60 Å². The van der Waals surface area contributed by atoms with Crippen LogP contribution in [0.4, 0.5) is 23.1 Å². The van der Waals surface area contributed by atoms with Gasteiger partial charge in [-0.2, -0.15) is 4.98 Å². The van der Waals surface area contributed by atoms with Crippen LogP contribution < -0.4 is 16.0 Å². The summed E-state index contributed by atoms with van der Waals surface area (Å²) in [6, 6.07) is 11.7. The fraction of sp³-hybridized carbons (Fsp3) is 0.500. The second-order valence-electron chi connectivity index (χ2n) is 10.1. The second kappa shape index (κ2) is 9.93. The number of rotatable bonds is 6. The summed E-state index contributed by atoms with van der Waals surface area (Å²) in [6.07, 6.45) is 1.99. The maximum Gasteiger partial charge on any atom is 0.229 e. The lowest BCUT2D eigenvalue weighted by molar-refractivity contribution is -0.0137. The van der Waals surface area contributed by atoms with Crippen molar-refractivity contribution in [3.63, 3.8) is 0 Å². The summed E-state index contributed by atoms with van der Waals surface area (Å²) >= 11 is 0. The number of piperidine rings is 1. The summed E-state index contributed by atoms with van der Waals surface area (Å²) in [5.74, 6) is 1.66. The van der Waals surface area contributed by atoms with Crippen molar-refractivity contribution in [3.05, 3.63) is 42.1 Å². The molecule has 0 aliphatic carbocycles. The molecule has 9 nitrogen and oxygen atoms in total. The molecule has 0 unspecified atom stereocenters. The number of hydrogen-bond acceptors (Lipinski definition) is 9. The van der Waals surface area contributed by atoms with Crippen molar-refractivity contribution in [2.45, 2.75) is 38.8 Å². The van der Waals surface area contributed by atoms with E-state index in [9.17, 15) is 5.11 Å². The second-order valence-corrected chi connectivity index (χ2v) is 10.1. The molecule has 0 radical (unpaired) electrons. The lowest BCUT2D eigenvalue weighted by Crippen LogP contribution is -2.41. The van der Waals surface area contributed by atoms with E-state index in [1.165, 1.54) is 0 Å². The monoisotopic (exact) mass is 477 g/mol. The first-order valence-corrected chi connectivity index (χ1v) is 12.4. The Bertz CT molecular complexity index is 1170. The highest BCUT2D eigenvalue weighted by atomic mass is 16.5. The lowest BCUT2D eigenvalue weighted by atomic mass is 9.83. The predicted molar refractivity (Wildman–Crippen MR) is 139 cm³/mol. The SMILES string of the molecule is CC(C)(O)C1CCN(Cc2ccc3nc(Nc4ccccc4N)nc(N4CCOCC4)c3n2)CC1. The van der Waals surface area contributed by atoms with Gasteiger partial charge in [-0.3, -0.25) is 4.90 Å². The Kier molecular flexibility index (Phi) is 6.73. The molecular formula is C26H35N7O2. The number of fused-ring (bicyclic) bond motifs is 1. The smallest absolute Gasteiger partial charge is 0.229 e. The average molecular weight is 478 g/mol. The van der Waals surface area contributed by atoms with Crippen LogP contribution in [0.3, 0.4) is 0 Å². The van der Waals surface area contributed by atoms with E-state index in [0.29, 0.717) is 30.8 Å². The van der Waals surface area contributed by atoms with Gasteiger partial charge in [-0.25, -0.2) is 9.97 Å². The lowest BCUT2D eigenvalue weighted by Gasteiger charge is -2.37. The maximum atomic E-state index is 10.4. The summed E-state index contributed by atoms with van der Waals surface area (Å²) in [5.41, 5.74) is 9.54. The van der Waals surface area contributed by atoms with E-state index in [0.717, 1.165) is 73.8 Å². The topological polar surface area (TPSA) is 113 Å². The Labute approximate surface area is 206 Å². The largest absolute Gasteiger partial charge is 0.397 e. The Morgan fingerprint density at radius 3 is 2.49 bits per heavy atom. The standard InChI is InChI=1S/C26H35N7O2/c1-26(2,34)18-9-11-32(12-10-18)17-19-7-8-22-23(28-19)24(33-13-15-35-16-14-33)31-25(30-22)29-21-6-4-3-5-20(21)27/h3-8,18,34H,9-17,27H2,1-2H3,(H,29,30,31). The average Bonchev–Trinajstić information content (AvgIpc) is 2.85. The number of aromatic nitrogens is 3. The number of pyridine rings is 1. The van der Waals surface area contributed by atoms with Crippen LogP contribution in [0.15, 0.2) is 36.4 Å². The zero-order valence-electron chi connectivity index (χ0n) is 20.6. The predicted octanol–water partition coefficient (Wildman–Crippen LogP) is 3.17. The van der Waals surface area contributed by atoms with Gasteiger partial charge < -0.3 is 25.8 Å². The molecule has 9 heteroatoms. The van der Waals surface area contributed by atoms with Gasteiger partial charge >= 0.3 is 0 Å². The number of aliphatic hydroxyl groups is 1. The molecule has 4 heterocycles. The van der Waals surface area contributed by atoms with Gasteiger partial charge in [-0.05, 0) is 70.0 Å². The van der Waals surface area contributed by atoms with Crippen LogP contribution in [0.5, 0.6) is 0 Å². The Morgan fingerprint density at radius 2 is 1.77 bits per heavy atom. The molecule has 35 heavy (non-hydrogen) atoms. The number of ether oxygens (including phenoxy) is 1. The summed E-state index contributed by atoms with van der Waals surface area (Å²) in [5, 5.41) is 13.6. The molecule has 0 saturated carbocycles. The fourth-order valence-corrected chi connectivity index (χ4v) is 4.94. The number of morpholine rings is 1. The van der Waals surface area contributed by atoms with Crippen molar-refractivity contribution in [1.29, 1.82) is 0 Å². The number of nitrogens with two attached hydrogens (primary N) is 1.